The SMILES string of the molecule is CSc1c(C)c(C(F)(F)F)nn1C. The van der Waals surface area contributed by atoms with E-state index in [0.29, 0.717) is 5.03 Å². The first kappa shape index (κ1) is 10.4. The van der Waals surface area contributed by atoms with Gasteiger partial charge in [0.2, 0.25) is 0 Å². The maximum absolute atomic E-state index is 12.3. The van der Waals surface area contributed by atoms with Crippen molar-refractivity contribution in [2.45, 2.75) is 18.1 Å². The molecule has 6 heteroatoms. The molecule has 2 nitrogen and oxygen atoms in total. The summed E-state index contributed by atoms with van der Waals surface area (Å²) in [6.07, 6.45) is -2.63. The van der Waals surface area contributed by atoms with Gasteiger partial charge in [0.25, 0.3) is 0 Å². The lowest BCUT2D eigenvalue weighted by atomic mass is 10.3. The van der Waals surface area contributed by atoms with E-state index in [2.05, 4.69) is 5.10 Å². The van der Waals surface area contributed by atoms with E-state index in [0.717, 1.165) is 0 Å². The molecule has 1 heterocycles. The molecular weight excluding hydrogens is 201 g/mol. The first-order chi connectivity index (χ1) is 5.88. The van der Waals surface area contributed by atoms with Crippen LogP contribution in [0.15, 0.2) is 5.03 Å². The third-order valence-electron chi connectivity index (χ3n) is 1.68. The van der Waals surface area contributed by atoms with Crippen LogP contribution in [0.1, 0.15) is 11.3 Å². The lowest BCUT2D eigenvalue weighted by Crippen LogP contribution is -2.08. The molecule has 0 radical (unpaired) electrons. The monoisotopic (exact) mass is 210 g/mol. The molecule has 0 bridgehead atoms. The Morgan fingerprint density at radius 1 is 1.38 bits per heavy atom. The molecule has 13 heavy (non-hydrogen) atoms. The maximum Gasteiger partial charge on any atom is 0.435 e. The van der Waals surface area contributed by atoms with Gasteiger partial charge in [-0.15, -0.1) is 11.8 Å². The van der Waals surface area contributed by atoms with Crippen molar-refractivity contribution in [3.63, 3.8) is 0 Å². The normalized spacial score (nSPS) is 12.2. The molecule has 0 atom stereocenters. The number of hydrogen-bond donors (Lipinski definition) is 0. The minimum absolute atomic E-state index is 0.197. The fourth-order valence-electron chi connectivity index (χ4n) is 1.17. The maximum atomic E-state index is 12.3. The van der Waals surface area contributed by atoms with Crippen LogP contribution in [-0.2, 0) is 13.2 Å². The number of nitrogens with zero attached hydrogens (tertiary/aromatic N) is 2. The van der Waals surface area contributed by atoms with Crippen molar-refractivity contribution < 1.29 is 13.2 Å². The predicted octanol–water partition coefficient (Wildman–Crippen LogP) is 2.47. The molecule has 0 saturated heterocycles. The van der Waals surface area contributed by atoms with Crippen LogP contribution in [0, 0.1) is 6.92 Å². The number of aromatic nitrogens is 2. The smallest absolute Gasteiger partial charge is 0.261 e. The zero-order valence-corrected chi connectivity index (χ0v) is 8.25. The lowest BCUT2D eigenvalue weighted by molar-refractivity contribution is -0.141. The van der Waals surface area contributed by atoms with Crippen LogP contribution in [0.5, 0.6) is 0 Å². The summed E-state index contributed by atoms with van der Waals surface area (Å²) in [5, 5.41) is 3.97. The summed E-state index contributed by atoms with van der Waals surface area (Å²) in [6.45, 7) is 1.43. The van der Waals surface area contributed by atoms with Crippen molar-refractivity contribution in [1.29, 1.82) is 0 Å². The van der Waals surface area contributed by atoms with E-state index in [9.17, 15) is 13.2 Å². The number of halogens is 3. The van der Waals surface area contributed by atoms with Gasteiger partial charge in [-0.25, -0.2) is 0 Å². The van der Waals surface area contributed by atoms with Crippen LogP contribution in [0.4, 0.5) is 13.2 Å². The Labute approximate surface area is 78.1 Å². The van der Waals surface area contributed by atoms with Gasteiger partial charge in [-0.2, -0.15) is 18.3 Å². The molecule has 0 spiro atoms. The molecule has 1 aromatic rings. The summed E-state index contributed by atoms with van der Waals surface area (Å²) in [6, 6.07) is 0. The summed E-state index contributed by atoms with van der Waals surface area (Å²) >= 11 is 1.26. The van der Waals surface area contributed by atoms with Crippen molar-refractivity contribution in [2.24, 2.45) is 7.05 Å². The van der Waals surface area contributed by atoms with Crippen LogP contribution in [0.3, 0.4) is 0 Å². The topological polar surface area (TPSA) is 17.8 Å². The zero-order valence-electron chi connectivity index (χ0n) is 7.44. The molecule has 0 aliphatic carbocycles. The predicted molar refractivity (Wildman–Crippen MR) is 44.7 cm³/mol. The van der Waals surface area contributed by atoms with E-state index in [1.165, 1.54) is 30.4 Å². The molecule has 1 aromatic heterocycles. The van der Waals surface area contributed by atoms with Crippen LogP contribution >= 0.6 is 11.8 Å². The summed E-state index contributed by atoms with van der Waals surface area (Å²) in [7, 11) is 1.51. The molecule has 74 valence electrons. The molecule has 1 rings (SSSR count). The summed E-state index contributed by atoms with van der Waals surface area (Å²) in [5.74, 6) is 0. The summed E-state index contributed by atoms with van der Waals surface area (Å²) in [4.78, 5) is 0. The summed E-state index contributed by atoms with van der Waals surface area (Å²) in [5.41, 5.74) is -0.596. The highest BCUT2D eigenvalue weighted by atomic mass is 32.2. The van der Waals surface area contributed by atoms with Crippen molar-refractivity contribution in [2.75, 3.05) is 6.26 Å². The molecular formula is C7H9F3N2S. The minimum Gasteiger partial charge on any atom is -0.261 e. The largest absolute Gasteiger partial charge is 0.435 e. The molecule has 0 unspecified atom stereocenters. The van der Waals surface area contributed by atoms with E-state index < -0.39 is 11.9 Å². The average molecular weight is 210 g/mol. The Morgan fingerprint density at radius 3 is 2.15 bits per heavy atom. The van der Waals surface area contributed by atoms with Gasteiger partial charge in [-0.1, -0.05) is 0 Å². The quantitative estimate of drug-likeness (QED) is 0.663. The molecule has 0 N–H and O–H groups in total. The van der Waals surface area contributed by atoms with Crippen LogP contribution in [0.25, 0.3) is 0 Å². The van der Waals surface area contributed by atoms with E-state index in [4.69, 9.17) is 0 Å². The number of alkyl halides is 3. The van der Waals surface area contributed by atoms with E-state index >= 15 is 0 Å². The molecule has 0 fully saturated rings. The van der Waals surface area contributed by atoms with Crippen LogP contribution in [0.2, 0.25) is 0 Å². The first-order valence-electron chi connectivity index (χ1n) is 3.52. The molecule has 0 amide bonds. The van der Waals surface area contributed by atoms with Gasteiger partial charge in [0.15, 0.2) is 5.69 Å². The Morgan fingerprint density at radius 2 is 1.92 bits per heavy atom. The number of hydrogen-bond acceptors (Lipinski definition) is 2. The van der Waals surface area contributed by atoms with Crippen LogP contribution in [-0.4, -0.2) is 16.0 Å². The fraction of sp³-hybridized carbons (Fsp3) is 0.571. The van der Waals surface area contributed by atoms with Crippen molar-refractivity contribution in [1.82, 2.24) is 9.78 Å². The molecule has 0 aliphatic rings. The molecule has 0 aromatic carbocycles. The Bertz CT molecular complexity index is 316. The first-order valence-corrected chi connectivity index (χ1v) is 4.75. The van der Waals surface area contributed by atoms with Gasteiger partial charge in [-0.3, -0.25) is 4.68 Å². The second-order valence-electron chi connectivity index (χ2n) is 2.60. The Hall–Kier alpha value is -0.650. The van der Waals surface area contributed by atoms with E-state index in [1.54, 1.807) is 6.26 Å². The third-order valence-corrected chi connectivity index (χ3v) is 2.64. The number of aryl methyl sites for hydroxylation is 1. The fourth-order valence-corrected chi connectivity index (χ4v) is 1.88. The molecule has 0 aliphatic heterocycles. The second kappa shape index (κ2) is 3.25. The van der Waals surface area contributed by atoms with E-state index in [1.807, 2.05) is 0 Å². The van der Waals surface area contributed by atoms with Crippen molar-refractivity contribution in [3.05, 3.63) is 11.3 Å². The van der Waals surface area contributed by atoms with Gasteiger partial charge in [0, 0.05) is 12.6 Å². The molecule has 0 saturated carbocycles. The van der Waals surface area contributed by atoms with Gasteiger partial charge in [0.05, 0.1) is 5.03 Å². The standard InChI is InChI=1S/C7H9F3N2S/c1-4-5(7(8,9)10)11-12(2)6(4)13-3/h1-3H3. The van der Waals surface area contributed by atoms with Gasteiger partial charge < -0.3 is 0 Å². The highest BCUT2D eigenvalue weighted by molar-refractivity contribution is 7.98. The average Bonchev–Trinajstić information content (AvgIpc) is 2.25. The lowest BCUT2D eigenvalue weighted by Gasteiger charge is -2.02. The Kier molecular flexibility index (Phi) is 2.61. The van der Waals surface area contributed by atoms with Gasteiger partial charge in [-0.05, 0) is 13.2 Å². The third kappa shape index (κ3) is 1.82. The van der Waals surface area contributed by atoms with Gasteiger partial charge in [0.1, 0.15) is 0 Å². The number of rotatable bonds is 1. The van der Waals surface area contributed by atoms with E-state index in [-0.39, 0.29) is 5.56 Å². The highest BCUT2D eigenvalue weighted by Crippen LogP contribution is 2.34. The highest BCUT2D eigenvalue weighted by Gasteiger charge is 2.37. The van der Waals surface area contributed by atoms with Crippen LogP contribution < -0.4 is 0 Å². The van der Waals surface area contributed by atoms with Crippen molar-refractivity contribution in [3.8, 4) is 0 Å². The van der Waals surface area contributed by atoms with Crippen molar-refractivity contribution >= 4 is 11.8 Å². The second-order valence-corrected chi connectivity index (χ2v) is 3.40. The summed E-state index contributed by atoms with van der Waals surface area (Å²) < 4.78 is 38.1. The zero-order chi connectivity index (χ0) is 10.2. The Balaban J connectivity index is 3.26. The minimum atomic E-state index is -4.35. The number of thioether (sulfide) groups is 1. The van der Waals surface area contributed by atoms with Gasteiger partial charge >= 0.3 is 6.18 Å².